The Kier molecular flexibility index (Phi) is 2.10. The molecule has 2 nitrogen and oxygen atoms in total. The van der Waals surface area contributed by atoms with Crippen molar-refractivity contribution in [3.63, 3.8) is 0 Å². The maximum atomic E-state index is 10.2. The molecule has 2 heteroatoms. The zero-order chi connectivity index (χ0) is 7.56. The van der Waals surface area contributed by atoms with Crippen LogP contribution in [0.15, 0.2) is 12.2 Å². The summed E-state index contributed by atoms with van der Waals surface area (Å²) in [4.78, 5) is 10.2. The number of carbonyl (C=O) groups is 1. The molecule has 0 aromatic heterocycles. The van der Waals surface area contributed by atoms with Gasteiger partial charge < -0.3 is 5.11 Å². The number of hydrogen-bond donors (Lipinski definition) is 1. The minimum atomic E-state index is -0.691. The van der Waals surface area contributed by atoms with Gasteiger partial charge in [-0.3, -0.25) is 4.79 Å². The molecule has 0 saturated heterocycles. The summed E-state index contributed by atoms with van der Waals surface area (Å²) in [6, 6.07) is 0. The molecular formula is C8H12O2. The first-order chi connectivity index (χ1) is 4.68. The molecule has 1 aliphatic carbocycles. The molecule has 0 bridgehead atoms. The molecule has 56 valence electrons. The minimum absolute atomic E-state index is 0.285. The molecule has 0 spiro atoms. The van der Waals surface area contributed by atoms with Crippen LogP contribution in [-0.4, -0.2) is 11.1 Å². The van der Waals surface area contributed by atoms with E-state index < -0.39 is 5.97 Å². The molecule has 0 amide bonds. The van der Waals surface area contributed by atoms with Crippen LogP contribution in [0.4, 0.5) is 0 Å². The zero-order valence-electron chi connectivity index (χ0n) is 6.08. The molecule has 0 aromatic carbocycles. The van der Waals surface area contributed by atoms with E-state index in [1.165, 1.54) is 0 Å². The quantitative estimate of drug-likeness (QED) is 0.592. The fourth-order valence-electron chi connectivity index (χ4n) is 1.36. The third-order valence-corrected chi connectivity index (χ3v) is 1.82. The maximum absolute atomic E-state index is 10.2. The second kappa shape index (κ2) is 2.86. The smallest absolute Gasteiger partial charge is 0.303 e. The third kappa shape index (κ3) is 1.87. The molecule has 0 aromatic rings. The van der Waals surface area contributed by atoms with Gasteiger partial charge in [0.1, 0.15) is 0 Å². The highest BCUT2D eigenvalue weighted by Gasteiger charge is 2.17. The molecule has 1 rings (SSSR count). The molecule has 2 atom stereocenters. The van der Waals surface area contributed by atoms with Gasteiger partial charge in [-0.05, 0) is 18.3 Å². The van der Waals surface area contributed by atoms with Crippen LogP contribution in [0.5, 0.6) is 0 Å². The van der Waals surface area contributed by atoms with Gasteiger partial charge in [-0.15, -0.1) is 0 Å². The summed E-state index contributed by atoms with van der Waals surface area (Å²) in [5, 5.41) is 8.43. The Morgan fingerprint density at radius 1 is 1.70 bits per heavy atom. The van der Waals surface area contributed by atoms with Crippen molar-refractivity contribution in [1.29, 1.82) is 0 Å². The monoisotopic (exact) mass is 140 g/mol. The average molecular weight is 140 g/mol. The van der Waals surface area contributed by atoms with Crippen LogP contribution in [0.3, 0.4) is 0 Å². The van der Waals surface area contributed by atoms with Crippen molar-refractivity contribution in [3.8, 4) is 0 Å². The summed E-state index contributed by atoms with van der Waals surface area (Å²) in [6.45, 7) is 2.11. The lowest BCUT2D eigenvalue weighted by Crippen LogP contribution is -2.03. The van der Waals surface area contributed by atoms with Gasteiger partial charge in [0.15, 0.2) is 0 Å². The molecule has 2 unspecified atom stereocenters. The van der Waals surface area contributed by atoms with E-state index in [0.717, 1.165) is 6.42 Å². The van der Waals surface area contributed by atoms with E-state index in [9.17, 15) is 4.79 Å². The first kappa shape index (κ1) is 7.32. The predicted molar refractivity (Wildman–Crippen MR) is 38.7 cm³/mol. The van der Waals surface area contributed by atoms with Gasteiger partial charge in [-0.1, -0.05) is 19.1 Å². The van der Waals surface area contributed by atoms with Gasteiger partial charge in [0.2, 0.25) is 0 Å². The standard InChI is InChI=1S/C8H12O2/c1-6-2-3-7(4-6)5-8(9)10/h2-3,6-7H,4-5H2,1H3,(H,9,10). The van der Waals surface area contributed by atoms with Gasteiger partial charge in [-0.25, -0.2) is 0 Å². The average Bonchev–Trinajstić information content (AvgIpc) is 2.13. The number of aliphatic carboxylic acids is 1. The number of carboxylic acids is 1. The Morgan fingerprint density at radius 2 is 2.40 bits per heavy atom. The van der Waals surface area contributed by atoms with Gasteiger partial charge in [-0.2, -0.15) is 0 Å². The summed E-state index contributed by atoms with van der Waals surface area (Å²) in [5.74, 6) is 0.167. The van der Waals surface area contributed by atoms with Crippen LogP contribution < -0.4 is 0 Å². The largest absolute Gasteiger partial charge is 0.481 e. The van der Waals surface area contributed by atoms with E-state index >= 15 is 0 Å². The third-order valence-electron chi connectivity index (χ3n) is 1.82. The molecule has 0 saturated carbocycles. The Balaban J connectivity index is 2.33. The van der Waals surface area contributed by atoms with Crippen LogP contribution in [-0.2, 0) is 4.79 Å². The fraction of sp³-hybridized carbons (Fsp3) is 0.625. The van der Waals surface area contributed by atoms with Crippen LogP contribution >= 0.6 is 0 Å². The Hall–Kier alpha value is -0.790. The first-order valence-electron chi connectivity index (χ1n) is 3.58. The summed E-state index contributed by atoms with van der Waals surface area (Å²) in [5.41, 5.74) is 0. The number of allylic oxidation sites excluding steroid dienone is 2. The summed E-state index contributed by atoms with van der Waals surface area (Å²) < 4.78 is 0. The highest BCUT2D eigenvalue weighted by atomic mass is 16.4. The molecule has 1 N–H and O–H groups in total. The number of hydrogen-bond acceptors (Lipinski definition) is 1. The van der Waals surface area contributed by atoms with Crippen molar-refractivity contribution in [2.24, 2.45) is 11.8 Å². The van der Waals surface area contributed by atoms with Gasteiger partial charge in [0.05, 0.1) is 6.42 Å². The second-order valence-electron chi connectivity index (χ2n) is 2.96. The van der Waals surface area contributed by atoms with Crippen molar-refractivity contribution in [2.45, 2.75) is 19.8 Å². The molecular weight excluding hydrogens is 128 g/mol. The van der Waals surface area contributed by atoms with Crippen LogP contribution in [0, 0.1) is 11.8 Å². The van der Waals surface area contributed by atoms with E-state index in [-0.39, 0.29) is 5.92 Å². The predicted octanol–water partition coefficient (Wildman–Crippen LogP) is 1.67. The lowest BCUT2D eigenvalue weighted by atomic mass is 10.0. The second-order valence-corrected chi connectivity index (χ2v) is 2.96. The van der Waals surface area contributed by atoms with Gasteiger partial charge in [0, 0.05) is 0 Å². The Morgan fingerprint density at radius 3 is 2.80 bits per heavy atom. The van der Waals surface area contributed by atoms with Crippen LogP contribution in [0.25, 0.3) is 0 Å². The van der Waals surface area contributed by atoms with E-state index in [0.29, 0.717) is 12.3 Å². The summed E-state index contributed by atoms with van der Waals surface area (Å²) in [7, 11) is 0. The molecule has 0 aliphatic heterocycles. The Bertz CT molecular complexity index is 161. The van der Waals surface area contributed by atoms with Crippen molar-refractivity contribution in [2.75, 3.05) is 0 Å². The zero-order valence-corrected chi connectivity index (χ0v) is 6.08. The lowest BCUT2D eigenvalue weighted by Gasteiger charge is -2.03. The van der Waals surface area contributed by atoms with E-state index in [1.54, 1.807) is 0 Å². The topological polar surface area (TPSA) is 37.3 Å². The van der Waals surface area contributed by atoms with E-state index in [1.807, 2.05) is 6.08 Å². The van der Waals surface area contributed by atoms with Crippen molar-refractivity contribution in [1.82, 2.24) is 0 Å². The number of carboxylic acid groups (broad SMARTS) is 1. The molecule has 10 heavy (non-hydrogen) atoms. The summed E-state index contributed by atoms with van der Waals surface area (Å²) >= 11 is 0. The van der Waals surface area contributed by atoms with Crippen LogP contribution in [0.1, 0.15) is 19.8 Å². The van der Waals surface area contributed by atoms with E-state index in [2.05, 4.69) is 13.0 Å². The van der Waals surface area contributed by atoms with Crippen LogP contribution in [0.2, 0.25) is 0 Å². The normalized spacial score (nSPS) is 30.9. The minimum Gasteiger partial charge on any atom is -0.481 e. The first-order valence-corrected chi connectivity index (χ1v) is 3.58. The molecule has 0 radical (unpaired) electrons. The Labute approximate surface area is 60.6 Å². The van der Waals surface area contributed by atoms with Crippen molar-refractivity contribution in [3.05, 3.63) is 12.2 Å². The lowest BCUT2D eigenvalue weighted by molar-refractivity contribution is -0.137. The summed E-state index contributed by atoms with van der Waals surface area (Å²) in [6.07, 6.45) is 5.40. The number of rotatable bonds is 2. The molecule has 0 heterocycles. The van der Waals surface area contributed by atoms with Crippen molar-refractivity contribution < 1.29 is 9.90 Å². The van der Waals surface area contributed by atoms with E-state index in [4.69, 9.17) is 5.11 Å². The molecule has 1 aliphatic rings. The van der Waals surface area contributed by atoms with Gasteiger partial charge >= 0.3 is 5.97 Å². The molecule has 0 fully saturated rings. The highest BCUT2D eigenvalue weighted by molar-refractivity contribution is 5.67. The maximum Gasteiger partial charge on any atom is 0.303 e. The SMILES string of the molecule is CC1C=CC(CC(=O)O)C1. The van der Waals surface area contributed by atoms with Crippen molar-refractivity contribution >= 4 is 5.97 Å². The highest BCUT2D eigenvalue weighted by Crippen LogP contribution is 2.25. The fourth-order valence-corrected chi connectivity index (χ4v) is 1.36. The van der Waals surface area contributed by atoms with Gasteiger partial charge in [0.25, 0.3) is 0 Å².